The standard InChI is InChI=1S/C16H28N2O3Si/c1-11-6-7-13-14(12(11)2)15(16(19)20)17-18(13)10-21-8-9-22(3,4)5/h11-12H,6-10H2,1-5H3,(H,19,20). The van der Waals surface area contributed by atoms with Crippen LogP contribution < -0.4 is 0 Å². The van der Waals surface area contributed by atoms with E-state index in [4.69, 9.17) is 4.74 Å². The number of ether oxygens (including phenoxy) is 1. The topological polar surface area (TPSA) is 64.3 Å². The van der Waals surface area contributed by atoms with Crippen LogP contribution in [0.4, 0.5) is 0 Å². The van der Waals surface area contributed by atoms with Crippen molar-refractivity contribution in [3.63, 3.8) is 0 Å². The predicted molar refractivity (Wildman–Crippen MR) is 89.2 cm³/mol. The molecule has 0 saturated heterocycles. The van der Waals surface area contributed by atoms with E-state index >= 15 is 0 Å². The summed E-state index contributed by atoms with van der Waals surface area (Å²) >= 11 is 0. The summed E-state index contributed by atoms with van der Waals surface area (Å²) in [6, 6.07) is 1.11. The maximum absolute atomic E-state index is 11.5. The van der Waals surface area contributed by atoms with Gasteiger partial charge >= 0.3 is 5.97 Å². The average molecular weight is 324 g/mol. The Morgan fingerprint density at radius 1 is 1.41 bits per heavy atom. The third-order valence-electron chi connectivity index (χ3n) is 4.66. The first-order valence-corrected chi connectivity index (χ1v) is 11.8. The summed E-state index contributed by atoms with van der Waals surface area (Å²) in [6.45, 7) is 12.3. The molecule has 22 heavy (non-hydrogen) atoms. The maximum atomic E-state index is 11.5. The zero-order valence-electron chi connectivity index (χ0n) is 14.3. The van der Waals surface area contributed by atoms with Crippen molar-refractivity contribution in [2.75, 3.05) is 6.61 Å². The zero-order chi connectivity index (χ0) is 16.5. The molecule has 0 bridgehead atoms. The molecule has 0 radical (unpaired) electrons. The molecule has 1 N–H and O–H groups in total. The van der Waals surface area contributed by atoms with Gasteiger partial charge in [0, 0.05) is 25.9 Å². The van der Waals surface area contributed by atoms with Crippen LogP contribution in [0.2, 0.25) is 25.7 Å². The molecule has 1 aromatic heterocycles. The Hall–Kier alpha value is -1.14. The van der Waals surface area contributed by atoms with Crippen LogP contribution in [0.5, 0.6) is 0 Å². The van der Waals surface area contributed by atoms with Crippen LogP contribution in [0.15, 0.2) is 0 Å². The Morgan fingerprint density at radius 2 is 2.09 bits per heavy atom. The van der Waals surface area contributed by atoms with Crippen LogP contribution >= 0.6 is 0 Å². The molecule has 0 aromatic carbocycles. The van der Waals surface area contributed by atoms with E-state index in [0.29, 0.717) is 12.6 Å². The van der Waals surface area contributed by atoms with Crippen molar-refractivity contribution in [1.82, 2.24) is 9.78 Å². The van der Waals surface area contributed by atoms with Crippen molar-refractivity contribution in [1.29, 1.82) is 0 Å². The lowest BCUT2D eigenvalue weighted by molar-refractivity contribution is 0.0668. The Balaban J connectivity index is 2.14. The number of rotatable bonds is 6. The molecule has 0 amide bonds. The minimum absolute atomic E-state index is 0.211. The molecule has 1 aliphatic carbocycles. The zero-order valence-corrected chi connectivity index (χ0v) is 15.3. The van der Waals surface area contributed by atoms with Crippen LogP contribution in [0.25, 0.3) is 0 Å². The number of nitrogens with zero attached hydrogens (tertiary/aromatic N) is 2. The van der Waals surface area contributed by atoms with E-state index in [9.17, 15) is 9.90 Å². The van der Waals surface area contributed by atoms with Gasteiger partial charge in [-0.3, -0.25) is 0 Å². The van der Waals surface area contributed by atoms with Gasteiger partial charge in [0.05, 0.1) is 0 Å². The molecule has 0 spiro atoms. The fraction of sp³-hybridized carbons (Fsp3) is 0.750. The van der Waals surface area contributed by atoms with Crippen molar-refractivity contribution >= 4 is 14.0 Å². The highest BCUT2D eigenvalue weighted by Gasteiger charge is 2.32. The minimum atomic E-state index is -1.11. The molecular formula is C16H28N2O3Si. The number of hydrogen-bond acceptors (Lipinski definition) is 3. The number of aromatic nitrogens is 2. The SMILES string of the molecule is CC1CCc2c(c(C(=O)O)nn2COCC[Si](C)(C)C)C1C. The Bertz CT molecular complexity index is 548. The van der Waals surface area contributed by atoms with Crippen molar-refractivity contribution in [3.05, 3.63) is 17.0 Å². The van der Waals surface area contributed by atoms with E-state index in [0.717, 1.165) is 36.8 Å². The second-order valence-corrected chi connectivity index (χ2v) is 13.3. The molecule has 0 aliphatic heterocycles. The fourth-order valence-corrected chi connectivity index (χ4v) is 3.70. The molecule has 2 rings (SSSR count). The van der Waals surface area contributed by atoms with Gasteiger partial charge in [-0.15, -0.1) is 0 Å². The molecule has 2 unspecified atom stereocenters. The fourth-order valence-electron chi connectivity index (χ4n) is 2.95. The molecule has 124 valence electrons. The second-order valence-electron chi connectivity index (χ2n) is 7.67. The highest BCUT2D eigenvalue weighted by atomic mass is 28.3. The maximum Gasteiger partial charge on any atom is 0.356 e. The largest absolute Gasteiger partial charge is 0.476 e. The number of hydrogen-bond donors (Lipinski definition) is 1. The second kappa shape index (κ2) is 6.54. The minimum Gasteiger partial charge on any atom is -0.476 e. The van der Waals surface area contributed by atoms with Gasteiger partial charge in [0.15, 0.2) is 5.69 Å². The van der Waals surface area contributed by atoms with Crippen LogP contribution in [-0.2, 0) is 17.9 Å². The predicted octanol–water partition coefficient (Wildman–Crippen LogP) is 3.58. The van der Waals surface area contributed by atoms with Crippen LogP contribution in [0.3, 0.4) is 0 Å². The van der Waals surface area contributed by atoms with Crippen LogP contribution in [0.1, 0.15) is 47.9 Å². The summed E-state index contributed by atoms with van der Waals surface area (Å²) in [7, 11) is -1.11. The first kappa shape index (κ1) is 17.2. The number of fused-ring (bicyclic) bond motifs is 1. The van der Waals surface area contributed by atoms with Crippen molar-refractivity contribution in [2.45, 2.75) is 65.0 Å². The average Bonchev–Trinajstić information content (AvgIpc) is 2.77. The highest BCUT2D eigenvalue weighted by Crippen LogP contribution is 2.37. The van der Waals surface area contributed by atoms with E-state index in [1.165, 1.54) is 0 Å². The smallest absolute Gasteiger partial charge is 0.356 e. The summed E-state index contributed by atoms with van der Waals surface area (Å²) in [4.78, 5) is 11.5. The molecule has 0 saturated carbocycles. The third kappa shape index (κ3) is 3.79. The summed E-state index contributed by atoms with van der Waals surface area (Å²) in [5, 5.41) is 13.7. The quantitative estimate of drug-likeness (QED) is 0.641. The Kier molecular flexibility index (Phi) is 5.12. The molecule has 1 aliphatic rings. The first-order valence-electron chi connectivity index (χ1n) is 8.11. The van der Waals surface area contributed by atoms with Gasteiger partial charge in [0.2, 0.25) is 0 Å². The summed E-state index contributed by atoms with van der Waals surface area (Å²) in [5.74, 6) is -0.195. The molecule has 6 heteroatoms. The Labute approximate surface area is 133 Å². The first-order chi connectivity index (χ1) is 10.2. The summed E-state index contributed by atoms with van der Waals surface area (Å²) in [5.41, 5.74) is 2.18. The van der Waals surface area contributed by atoms with Gasteiger partial charge in [-0.2, -0.15) is 5.10 Å². The van der Waals surface area contributed by atoms with E-state index in [1.807, 2.05) is 0 Å². The third-order valence-corrected chi connectivity index (χ3v) is 6.36. The van der Waals surface area contributed by atoms with E-state index in [-0.39, 0.29) is 11.6 Å². The van der Waals surface area contributed by atoms with Crippen molar-refractivity contribution in [3.8, 4) is 0 Å². The highest BCUT2D eigenvalue weighted by molar-refractivity contribution is 6.76. The molecule has 1 heterocycles. The van der Waals surface area contributed by atoms with E-state index < -0.39 is 14.0 Å². The van der Waals surface area contributed by atoms with Gasteiger partial charge in [-0.1, -0.05) is 33.5 Å². The molecular weight excluding hydrogens is 296 g/mol. The van der Waals surface area contributed by atoms with Gasteiger partial charge < -0.3 is 9.84 Å². The number of carboxylic acids is 1. The van der Waals surface area contributed by atoms with Gasteiger partial charge in [0.1, 0.15) is 6.73 Å². The van der Waals surface area contributed by atoms with Crippen molar-refractivity contribution in [2.24, 2.45) is 5.92 Å². The number of aromatic carboxylic acids is 1. The normalized spacial score (nSPS) is 21.7. The molecule has 5 nitrogen and oxygen atoms in total. The lowest BCUT2D eigenvalue weighted by Gasteiger charge is -2.26. The van der Waals surface area contributed by atoms with E-state index in [1.54, 1.807) is 4.68 Å². The monoisotopic (exact) mass is 324 g/mol. The van der Waals surface area contributed by atoms with Crippen LogP contribution in [-0.4, -0.2) is 35.5 Å². The molecule has 2 atom stereocenters. The van der Waals surface area contributed by atoms with Crippen molar-refractivity contribution < 1.29 is 14.6 Å². The van der Waals surface area contributed by atoms with Crippen LogP contribution in [0, 0.1) is 5.92 Å². The summed E-state index contributed by atoms with van der Waals surface area (Å²) < 4.78 is 7.53. The number of carboxylic acid groups (broad SMARTS) is 1. The van der Waals surface area contributed by atoms with Gasteiger partial charge in [0.25, 0.3) is 0 Å². The van der Waals surface area contributed by atoms with Gasteiger partial charge in [-0.05, 0) is 30.7 Å². The Morgan fingerprint density at radius 3 is 2.68 bits per heavy atom. The lowest BCUT2D eigenvalue weighted by Crippen LogP contribution is -2.23. The lowest BCUT2D eigenvalue weighted by atomic mass is 9.79. The number of carbonyl (C=O) groups is 1. The summed E-state index contributed by atoms with van der Waals surface area (Å²) in [6.07, 6.45) is 1.96. The molecule has 0 fully saturated rings. The van der Waals surface area contributed by atoms with E-state index in [2.05, 4.69) is 38.6 Å². The van der Waals surface area contributed by atoms with Gasteiger partial charge in [-0.25, -0.2) is 9.48 Å². The molecule has 1 aromatic rings.